The standard InChI is InChI=1S/C19H27F2N3O2/c1-3-25-16-11-15(19(16)9-6-10-19)24-18(22-2)23-12-13-7-4-5-8-14(13)26-17(20)21/h4-5,7-8,15-17H,3,6,9-12H2,1-2H3,(H2,22,23,24). The quantitative estimate of drug-likeness (QED) is 0.574. The summed E-state index contributed by atoms with van der Waals surface area (Å²) in [7, 11) is 1.71. The maximum atomic E-state index is 12.5. The number of para-hydroxylation sites is 1. The van der Waals surface area contributed by atoms with Crippen LogP contribution in [0.4, 0.5) is 8.78 Å². The highest BCUT2D eigenvalue weighted by Gasteiger charge is 2.59. The number of benzene rings is 1. The number of hydrogen-bond acceptors (Lipinski definition) is 3. The molecule has 0 heterocycles. The molecule has 2 fully saturated rings. The topological polar surface area (TPSA) is 54.9 Å². The van der Waals surface area contributed by atoms with Crippen LogP contribution in [0.25, 0.3) is 0 Å². The summed E-state index contributed by atoms with van der Waals surface area (Å²) in [6, 6.07) is 7.12. The smallest absolute Gasteiger partial charge is 0.387 e. The van der Waals surface area contributed by atoms with E-state index in [-0.39, 0.29) is 11.2 Å². The van der Waals surface area contributed by atoms with E-state index in [1.807, 2.05) is 6.92 Å². The molecule has 2 saturated carbocycles. The van der Waals surface area contributed by atoms with Crippen LogP contribution in [-0.2, 0) is 11.3 Å². The van der Waals surface area contributed by atoms with Crippen LogP contribution in [-0.4, -0.2) is 38.4 Å². The molecule has 2 atom stereocenters. The van der Waals surface area contributed by atoms with Crippen LogP contribution in [0.2, 0.25) is 0 Å². The van der Waals surface area contributed by atoms with Gasteiger partial charge in [0.1, 0.15) is 5.75 Å². The van der Waals surface area contributed by atoms with Crippen molar-refractivity contribution >= 4 is 5.96 Å². The molecule has 0 bridgehead atoms. The Hall–Kier alpha value is -1.89. The molecule has 3 rings (SSSR count). The zero-order valence-electron chi connectivity index (χ0n) is 15.3. The number of ether oxygens (including phenoxy) is 2. The number of aliphatic imine (C=N–C) groups is 1. The summed E-state index contributed by atoms with van der Waals surface area (Å²) < 4.78 is 35.5. The first-order chi connectivity index (χ1) is 12.6. The van der Waals surface area contributed by atoms with E-state index in [9.17, 15) is 8.78 Å². The first-order valence-corrected chi connectivity index (χ1v) is 9.20. The molecule has 144 valence electrons. The van der Waals surface area contributed by atoms with Gasteiger partial charge in [-0.05, 0) is 32.3 Å². The molecular weight excluding hydrogens is 340 g/mol. The second-order valence-electron chi connectivity index (χ2n) is 6.88. The van der Waals surface area contributed by atoms with Crippen molar-refractivity contribution in [3.63, 3.8) is 0 Å². The molecule has 5 nitrogen and oxygen atoms in total. The van der Waals surface area contributed by atoms with Gasteiger partial charge in [-0.15, -0.1) is 0 Å². The lowest BCUT2D eigenvalue weighted by atomic mass is 9.51. The minimum Gasteiger partial charge on any atom is -0.434 e. The van der Waals surface area contributed by atoms with Gasteiger partial charge in [0.05, 0.1) is 6.10 Å². The summed E-state index contributed by atoms with van der Waals surface area (Å²) in [5.41, 5.74) is 0.888. The van der Waals surface area contributed by atoms with Gasteiger partial charge in [-0.2, -0.15) is 8.78 Å². The van der Waals surface area contributed by atoms with Gasteiger partial charge in [0.2, 0.25) is 0 Å². The van der Waals surface area contributed by atoms with Crippen LogP contribution in [0, 0.1) is 5.41 Å². The predicted molar refractivity (Wildman–Crippen MR) is 96.5 cm³/mol. The fourth-order valence-corrected chi connectivity index (χ4v) is 4.04. The Kier molecular flexibility index (Phi) is 5.96. The maximum Gasteiger partial charge on any atom is 0.387 e. The summed E-state index contributed by atoms with van der Waals surface area (Å²) >= 11 is 0. The highest BCUT2D eigenvalue weighted by Crippen LogP contribution is 2.57. The Bertz CT molecular complexity index is 635. The van der Waals surface area contributed by atoms with E-state index in [0.717, 1.165) is 13.0 Å². The summed E-state index contributed by atoms with van der Waals surface area (Å²) in [4.78, 5) is 4.28. The van der Waals surface area contributed by atoms with Gasteiger partial charge in [-0.1, -0.05) is 24.6 Å². The average molecular weight is 367 g/mol. The fourth-order valence-electron chi connectivity index (χ4n) is 4.04. The zero-order valence-corrected chi connectivity index (χ0v) is 15.3. The average Bonchev–Trinajstić information content (AvgIpc) is 2.56. The summed E-state index contributed by atoms with van der Waals surface area (Å²) in [5.74, 6) is 0.851. The molecule has 2 aliphatic carbocycles. The van der Waals surface area contributed by atoms with Crippen molar-refractivity contribution in [3.05, 3.63) is 29.8 Å². The van der Waals surface area contributed by atoms with E-state index in [1.54, 1.807) is 31.3 Å². The number of guanidine groups is 1. The largest absolute Gasteiger partial charge is 0.434 e. The third-order valence-electron chi connectivity index (χ3n) is 5.61. The van der Waals surface area contributed by atoms with Gasteiger partial charge in [-0.25, -0.2) is 0 Å². The Morgan fingerprint density at radius 3 is 2.73 bits per heavy atom. The minimum absolute atomic E-state index is 0.181. The molecule has 0 radical (unpaired) electrons. The van der Waals surface area contributed by atoms with Gasteiger partial charge >= 0.3 is 6.61 Å². The minimum atomic E-state index is -2.84. The Morgan fingerprint density at radius 1 is 1.35 bits per heavy atom. The van der Waals surface area contributed by atoms with Crippen LogP contribution < -0.4 is 15.4 Å². The van der Waals surface area contributed by atoms with E-state index in [1.165, 1.54) is 19.3 Å². The Labute approximate surface area is 153 Å². The number of nitrogens with one attached hydrogen (secondary N) is 2. The van der Waals surface area contributed by atoms with Crippen molar-refractivity contribution < 1.29 is 18.3 Å². The van der Waals surface area contributed by atoms with Gasteiger partial charge in [-0.3, -0.25) is 4.99 Å². The second kappa shape index (κ2) is 8.20. The molecule has 2 aliphatic rings. The lowest BCUT2D eigenvalue weighted by Crippen LogP contribution is -2.68. The van der Waals surface area contributed by atoms with Crippen molar-refractivity contribution in [3.8, 4) is 5.75 Å². The van der Waals surface area contributed by atoms with Crippen LogP contribution in [0.1, 0.15) is 38.2 Å². The highest BCUT2D eigenvalue weighted by atomic mass is 19.3. The number of nitrogens with zero attached hydrogens (tertiary/aromatic N) is 1. The van der Waals surface area contributed by atoms with Gasteiger partial charge in [0.15, 0.2) is 5.96 Å². The first kappa shape index (κ1) is 18.9. The molecule has 26 heavy (non-hydrogen) atoms. The molecule has 0 aromatic heterocycles. The summed E-state index contributed by atoms with van der Waals surface area (Å²) in [6.07, 6.45) is 4.90. The molecule has 7 heteroatoms. The second-order valence-corrected chi connectivity index (χ2v) is 6.88. The van der Waals surface area contributed by atoms with Crippen molar-refractivity contribution in [1.29, 1.82) is 0 Å². The number of hydrogen-bond donors (Lipinski definition) is 2. The van der Waals surface area contributed by atoms with Crippen molar-refractivity contribution in [2.75, 3.05) is 13.7 Å². The lowest BCUT2D eigenvalue weighted by molar-refractivity contribution is -0.168. The molecule has 0 saturated heterocycles. The number of halogens is 2. The van der Waals surface area contributed by atoms with Gasteiger partial charge in [0, 0.05) is 37.2 Å². The van der Waals surface area contributed by atoms with Gasteiger partial charge < -0.3 is 20.1 Å². The molecule has 0 aliphatic heterocycles. The zero-order chi connectivity index (χ0) is 18.6. The normalized spacial score (nSPS) is 24.1. The molecule has 2 N–H and O–H groups in total. The van der Waals surface area contributed by atoms with E-state index >= 15 is 0 Å². The first-order valence-electron chi connectivity index (χ1n) is 9.20. The maximum absolute atomic E-state index is 12.5. The third-order valence-corrected chi connectivity index (χ3v) is 5.61. The summed E-state index contributed by atoms with van der Waals surface area (Å²) in [6.45, 7) is 0.300. The lowest BCUT2D eigenvalue weighted by Gasteiger charge is -2.61. The Morgan fingerprint density at radius 2 is 2.12 bits per heavy atom. The van der Waals surface area contributed by atoms with Crippen LogP contribution in [0.5, 0.6) is 5.75 Å². The molecule has 1 aromatic rings. The van der Waals surface area contributed by atoms with Crippen molar-refractivity contribution in [2.45, 2.75) is 57.9 Å². The van der Waals surface area contributed by atoms with E-state index in [4.69, 9.17) is 4.74 Å². The molecule has 2 unspecified atom stereocenters. The third kappa shape index (κ3) is 3.77. The van der Waals surface area contributed by atoms with Gasteiger partial charge in [0.25, 0.3) is 0 Å². The molecule has 0 amide bonds. The number of alkyl halides is 2. The SMILES string of the molecule is CCOC1CC(NC(=NC)NCc2ccccc2OC(F)F)C12CCC2. The summed E-state index contributed by atoms with van der Waals surface area (Å²) in [5, 5.41) is 6.69. The highest BCUT2D eigenvalue weighted by molar-refractivity contribution is 5.80. The van der Waals surface area contributed by atoms with E-state index < -0.39 is 6.61 Å². The Balaban J connectivity index is 1.57. The van der Waals surface area contributed by atoms with Crippen LogP contribution in [0.3, 0.4) is 0 Å². The van der Waals surface area contributed by atoms with E-state index in [2.05, 4.69) is 20.4 Å². The van der Waals surface area contributed by atoms with Crippen molar-refractivity contribution in [2.24, 2.45) is 10.4 Å². The van der Waals surface area contributed by atoms with Crippen LogP contribution in [0.15, 0.2) is 29.3 Å². The van der Waals surface area contributed by atoms with Crippen LogP contribution >= 0.6 is 0 Å². The molecular formula is C19H27F2N3O2. The number of rotatable bonds is 7. The molecule has 1 spiro atoms. The molecule has 1 aromatic carbocycles. The fraction of sp³-hybridized carbons (Fsp3) is 0.632. The monoisotopic (exact) mass is 367 g/mol. The van der Waals surface area contributed by atoms with Crippen molar-refractivity contribution in [1.82, 2.24) is 10.6 Å². The van der Waals surface area contributed by atoms with E-state index in [0.29, 0.717) is 30.2 Å². The predicted octanol–water partition coefficient (Wildman–Crippen LogP) is 3.30.